The topological polar surface area (TPSA) is 12.9 Å². The van der Waals surface area contributed by atoms with Crippen molar-refractivity contribution in [2.24, 2.45) is 5.41 Å². The first-order valence-corrected chi connectivity index (χ1v) is 4.62. The molecular formula is C9H17NS. The Balaban J connectivity index is 0.000000187. The molecule has 0 spiro atoms. The van der Waals surface area contributed by atoms with Gasteiger partial charge in [0.05, 0.1) is 5.51 Å². The lowest BCUT2D eigenvalue weighted by Gasteiger charge is -2.05. The van der Waals surface area contributed by atoms with E-state index in [0.29, 0.717) is 5.41 Å². The molecule has 0 aliphatic carbocycles. The van der Waals surface area contributed by atoms with Crippen LogP contribution in [0.15, 0.2) is 11.7 Å². The van der Waals surface area contributed by atoms with Crippen LogP contribution in [-0.4, -0.2) is 4.98 Å². The molecule has 0 bridgehead atoms. The number of thiazole rings is 1. The third kappa shape index (κ3) is 12.8. The molecule has 0 aliphatic rings. The van der Waals surface area contributed by atoms with Crippen LogP contribution in [0, 0.1) is 12.3 Å². The number of hydrogen-bond donors (Lipinski definition) is 0. The summed E-state index contributed by atoms with van der Waals surface area (Å²) in [5, 5.41) is 0. The van der Waals surface area contributed by atoms with Crippen molar-refractivity contribution in [3.05, 3.63) is 16.6 Å². The monoisotopic (exact) mass is 171 g/mol. The van der Waals surface area contributed by atoms with Crippen LogP contribution in [0.4, 0.5) is 0 Å². The minimum absolute atomic E-state index is 0.500. The number of aromatic nitrogens is 1. The van der Waals surface area contributed by atoms with Crippen molar-refractivity contribution in [2.45, 2.75) is 34.6 Å². The molecule has 1 nitrogen and oxygen atoms in total. The van der Waals surface area contributed by atoms with Crippen LogP contribution in [0.1, 0.15) is 32.6 Å². The Labute approximate surface area is 73.5 Å². The Bertz CT molecular complexity index is 166. The smallest absolute Gasteiger partial charge is 0.0794 e. The van der Waals surface area contributed by atoms with E-state index in [1.165, 1.54) is 4.88 Å². The lowest BCUT2D eigenvalue weighted by atomic mass is 10.0. The minimum atomic E-state index is 0.500. The first-order valence-electron chi connectivity index (χ1n) is 3.74. The summed E-state index contributed by atoms with van der Waals surface area (Å²) in [5.41, 5.74) is 2.33. The zero-order valence-electron chi connectivity index (χ0n) is 8.01. The maximum absolute atomic E-state index is 3.84. The van der Waals surface area contributed by atoms with Gasteiger partial charge in [-0.25, -0.2) is 0 Å². The standard InChI is InChI=1S/C5H12.C4H5NS/c1-5(2,3)4;1-4-2-5-3-6-4/h1-4H3;2-3H,1H3. The molecule has 1 heterocycles. The summed E-state index contributed by atoms with van der Waals surface area (Å²) in [6.45, 7) is 10.8. The molecule has 0 atom stereocenters. The molecule has 0 N–H and O–H groups in total. The summed E-state index contributed by atoms with van der Waals surface area (Å²) < 4.78 is 0. The van der Waals surface area contributed by atoms with Crippen LogP contribution in [0.2, 0.25) is 0 Å². The highest BCUT2D eigenvalue weighted by Crippen LogP contribution is 2.08. The van der Waals surface area contributed by atoms with E-state index in [1.807, 2.05) is 18.6 Å². The summed E-state index contributed by atoms with van der Waals surface area (Å²) in [6.07, 6.45) is 1.85. The second kappa shape index (κ2) is 4.50. The molecular weight excluding hydrogens is 154 g/mol. The third-order valence-corrected chi connectivity index (χ3v) is 1.26. The van der Waals surface area contributed by atoms with E-state index in [2.05, 4.69) is 32.7 Å². The van der Waals surface area contributed by atoms with E-state index >= 15 is 0 Å². The van der Waals surface area contributed by atoms with E-state index < -0.39 is 0 Å². The summed E-state index contributed by atoms with van der Waals surface area (Å²) in [4.78, 5) is 5.11. The second-order valence-electron chi connectivity index (χ2n) is 4.11. The van der Waals surface area contributed by atoms with Gasteiger partial charge in [-0.15, -0.1) is 11.3 Å². The third-order valence-electron chi connectivity index (χ3n) is 0.556. The first kappa shape index (κ1) is 10.6. The molecule has 0 amide bonds. The minimum Gasteiger partial charge on any atom is -0.253 e. The predicted molar refractivity (Wildman–Crippen MR) is 52.0 cm³/mol. The molecule has 2 heteroatoms. The van der Waals surface area contributed by atoms with Gasteiger partial charge < -0.3 is 0 Å². The quantitative estimate of drug-likeness (QED) is 0.582. The van der Waals surface area contributed by atoms with Gasteiger partial charge in [0.15, 0.2) is 0 Å². The predicted octanol–water partition coefficient (Wildman–Crippen LogP) is 3.50. The van der Waals surface area contributed by atoms with Gasteiger partial charge in [-0.2, -0.15) is 0 Å². The van der Waals surface area contributed by atoms with Crippen molar-refractivity contribution in [1.82, 2.24) is 4.98 Å². The zero-order chi connectivity index (χ0) is 8.91. The lowest BCUT2D eigenvalue weighted by Crippen LogP contribution is -1.93. The molecule has 0 saturated carbocycles. The van der Waals surface area contributed by atoms with Gasteiger partial charge in [0.1, 0.15) is 0 Å². The van der Waals surface area contributed by atoms with Crippen LogP contribution in [0.3, 0.4) is 0 Å². The summed E-state index contributed by atoms with van der Waals surface area (Å²) in [5.74, 6) is 0. The van der Waals surface area contributed by atoms with E-state index in [0.717, 1.165) is 0 Å². The Morgan fingerprint density at radius 2 is 1.73 bits per heavy atom. The molecule has 0 saturated heterocycles. The van der Waals surface area contributed by atoms with Crippen molar-refractivity contribution in [3.63, 3.8) is 0 Å². The van der Waals surface area contributed by atoms with E-state index in [1.54, 1.807) is 11.3 Å². The Hall–Kier alpha value is -0.370. The van der Waals surface area contributed by atoms with Gasteiger partial charge in [0.2, 0.25) is 0 Å². The zero-order valence-corrected chi connectivity index (χ0v) is 8.83. The van der Waals surface area contributed by atoms with Crippen molar-refractivity contribution in [1.29, 1.82) is 0 Å². The van der Waals surface area contributed by atoms with Crippen LogP contribution in [-0.2, 0) is 0 Å². The van der Waals surface area contributed by atoms with Gasteiger partial charge in [-0.05, 0) is 12.3 Å². The molecule has 0 aliphatic heterocycles. The molecule has 0 fully saturated rings. The number of rotatable bonds is 0. The normalized spacial score (nSPS) is 10.3. The fourth-order valence-corrected chi connectivity index (χ4v) is 0.689. The first-order chi connectivity index (χ1) is 4.89. The number of nitrogens with zero attached hydrogens (tertiary/aromatic N) is 1. The van der Waals surface area contributed by atoms with Crippen LogP contribution < -0.4 is 0 Å². The summed E-state index contributed by atoms with van der Waals surface area (Å²) in [6, 6.07) is 0. The lowest BCUT2D eigenvalue weighted by molar-refractivity contribution is 0.469. The van der Waals surface area contributed by atoms with E-state index in [9.17, 15) is 0 Å². The fourth-order valence-electron chi connectivity index (χ4n) is 0.279. The van der Waals surface area contributed by atoms with Gasteiger partial charge in [-0.1, -0.05) is 27.7 Å². The highest BCUT2D eigenvalue weighted by Gasteiger charge is 1.95. The van der Waals surface area contributed by atoms with Gasteiger partial charge in [0, 0.05) is 11.1 Å². The molecule has 11 heavy (non-hydrogen) atoms. The fraction of sp³-hybridized carbons (Fsp3) is 0.667. The summed E-state index contributed by atoms with van der Waals surface area (Å²) >= 11 is 1.67. The number of aryl methyl sites for hydroxylation is 1. The van der Waals surface area contributed by atoms with Gasteiger partial charge >= 0.3 is 0 Å². The summed E-state index contributed by atoms with van der Waals surface area (Å²) in [7, 11) is 0. The number of hydrogen-bond acceptors (Lipinski definition) is 2. The average Bonchev–Trinajstić information content (AvgIpc) is 2.12. The van der Waals surface area contributed by atoms with Crippen LogP contribution in [0.5, 0.6) is 0 Å². The Morgan fingerprint density at radius 3 is 1.82 bits per heavy atom. The molecule has 0 unspecified atom stereocenters. The molecule has 64 valence electrons. The van der Waals surface area contributed by atoms with Gasteiger partial charge in [-0.3, -0.25) is 4.98 Å². The molecule has 1 rings (SSSR count). The second-order valence-corrected chi connectivity index (χ2v) is 5.20. The highest BCUT2D eigenvalue weighted by molar-refractivity contribution is 7.09. The van der Waals surface area contributed by atoms with Crippen molar-refractivity contribution in [2.75, 3.05) is 0 Å². The van der Waals surface area contributed by atoms with Crippen molar-refractivity contribution in [3.8, 4) is 0 Å². The molecule has 1 aromatic rings. The van der Waals surface area contributed by atoms with Crippen LogP contribution >= 0.6 is 11.3 Å². The largest absolute Gasteiger partial charge is 0.253 e. The van der Waals surface area contributed by atoms with Crippen LogP contribution in [0.25, 0.3) is 0 Å². The SMILES string of the molecule is CC(C)(C)C.Cc1cncs1. The molecule has 1 aromatic heterocycles. The molecule has 0 radical (unpaired) electrons. The highest BCUT2D eigenvalue weighted by atomic mass is 32.1. The maximum atomic E-state index is 3.84. The van der Waals surface area contributed by atoms with E-state index in [4.69, 9.17) is 0 Å². The maximum Gasteiger partial charge on any atom is 0.0794 e. The average molecular weight is 171 g/mol. The Kier molecular flexibility index (Phi) is 4.34. The van der Waals surface area contributed by atoms with Gasteiger partial charge in [0.25, 0.3) is 0 Å². The molecule has 0 aromatic carbocycles. The van der Waals surface area contributed by atoms with Crippen molar-refractivity contribution >= 4 is 11.3 Å². The van der Waals surface area contributed by atoms with Crippen molar-refractivity contribution < 1.29 is 0 Å². The Morgan fingerprint density at radius 1 is 1.27 bits per heavy atom. The van der Waals surface area contributed by atoms with E-state index in [-0.39, 0.29) is 0 Å².